The topological polar surface area (TPSA) is 51.3 Å². The molecule has 0 fully saturated rings. The van der Waals surface area contributed by atoms with Crippen molar-refractivity contribution in [2.45, 2.75) is 52.1 Å². The summed E-state index contributed by atoms with van der Waals surface area (Å²) >= 11 is 1.71. The van der Waals surface area contributed by atoms with Gasteiger partial charge >= 0.3 is 0 Å². The van der Waals surface area contributed by atoms with Crippen LogP contribution >= 0.6 is 11.3 Å². The molecule has 0 spiro atoms. The van der Waals surface area contributed by atoms with Crippen molar-refractivity contribution in [2.24, 2.45) is 0 Å². The summed E-state index contributed by atoms with van der Waals surface area (Å²) in [5, 5.41) is 0.864. The fraction of sp³-hybridized carbons (Fsp3) is 0.474. The van der Waals surface area contributed by atoms with E-state index < -0.39 is 0 Å². The van der Waals surface area contributed by atoms with Gasteiger partial charge in [-0.1, -0.05) is 6.92 Å². The lowest BCUT2D eigenvalue weighted by Gasteiger charge is -2.21. The summed E-state index contributed by atoms with van der Waals surface area (Å²) in [6, 6.07) is 3.83. The second-order valence-electron chi connectivity index (χ2n) is 6.70. The molecule has 3 aromatic heterocycles. The molecule has 5 nitrogen and oxygen atoms in total. The van der Waals surface area contributed by atoms with Gasteiger partial charge in [-0.2, -0.15) is 0 Å². The average molecular weight is 357 g/mol. The van der Waals surface area contributed by atoms with Gasteiger partial charge in [-0.15, -0.1) is 11.3 Å². The molecule has 6 heteroatoms. The highest BCUT2D eigenvalue weighted by molar-refractivity contribution is 7.18. The van der Waals surface area contributed by atoms with E-state index in [1.807, 2.05) is 28.6 Å². The standard InChI is InChI=1S/C19H23N3O2S/c1-3-10-22-18(23)16-14-8-4-5-9-15(14)25-17(16)20-19(22)21(2)12-13-7-6-11-24-13/h6-7,11H,3-5,8-10,12H2,1-2H3. The molecule has 0 atom stereocenters. The largest absolute Gasteiger partial charge is 0.467 e. The molecule has 25 heavy (non-hydrogen) atoms. The monoisotopic (exact) mass is 357 g/mol. The van der Waals surface area contributed by atoms with E-state index in [1.165, 1.54) is 23.3 Å². The number of nitrogens with zero attached hydrogens (tertiary/aromatic N) is 3. The van der Waals surface area contributed by atoms with Crippen molar-refractivity contribution in [3.8, 4) is 0 Å². The van der Waals surface area contributed by atoms with Gasteiger partial charge < -0.3 is 9.32 Å². The lowest BCUT2D eigenvalue weighted by molar-refractivity contribution is 0.503. The fourth-order valence-corrected chi connectivity index (χ4v) is 4.90. The zero-order chi connectivity index (χ0) is 17.4. The normalized spacial score (nSPS) is 14.0. The van der Waals surface area contributed by atoms with Crippen molar-refractivity contribution in [3.05, 3.63) is 45.0 Å². The number of fused-ring (bicyclic) bond motifs is 3. The number of aryl methyl sites for hydroxylation is 2. The predicted molar refractivity (Wildman–Crippen MR) is 102 cm³/mol. The van der Waals surface area contributed by atoms with Crippen LogP contribution in [-0.2, 0) is 25.9 Å². The van der Waals surface area contributed by atoms with Gasteiger partial charge in [-0.25, -0.2) is 4.98 Å². The van der Waals surface area contributed by atoms with Crippen molar-refractivity contribution in [2.75, 3.05) is 11.9 Å². The van der Waals surface area contributed by atoms with Gasteiger partial charge in [0.05, 0.1) is 18.2 Å². The first kappa shape index (κ1) is 16.4. The Morgan fingerprint density at radius 1 is 1.36 bits per heavy atom. The number of rotatable bonds is 5. The van der Waals surface area contributed by atoms with E-state index in [9.17, 15) is 4.79 Å². The number of aromatic nitrogens is 2. The third-order valence-corrected chi connectivity index (χ3v) is 6.00. The Morgan fingerprint density at radius 2 is 2.20 bits per heavy atom. The van der Waals surface area contributed by atoms with Crippen LogP contribution in [0.2, 0.25) is 0 Å². The van der Waals surface area contributed by atoms with E-state index in [2.05, 4.69) is 6.92 Å². The smallest absolute Gasteiger partial charge is 0.263 e. The van der Waals surface area contributed by atoms with Crippen molar-refractivity contribution < 1.29 is 4.42 Å². The summed E-state index contributed by atoms with van der Waals surface area (Å²) in [7, 11) is 1.97. The van der Waals surface area contributed by atoms with Crippen molar-refractivity contribution >= 4 is 27.5 Å². The highest BCUT2D eigenvalue weighted by atomic mass is 32.1. The zero-order valence-electron chi connectivity index (χ0n) is 14.7. The summed E-state index contributed by atoms with van der Waals surface area (Å²) in [5.74, 6) is 1.60. The van der Waals surface area contributed by atoms with Gasteiger partial charge in [0.25, 0.3) is 5.56 Å². The minimum absolute atomic E-state index is 0.118. The van der Waals surface area contributed by atoms with E-state index in [0.717, 1.165) is 41.2 Å². The van der Waals surface area contributed by atoms with Gasteiger partial charge in [0.2, 0.25) is 5.95 Å². The van der Waals surface area contributed by atoms with Crippen LogP contribution in [0.15, 0.2) is 27.6 Å². The Balaban J connectivity index is 1.85. The predicted octanol–water partition coefficient (Wildman–Crippen LogP) is 3.98. The van der Waals surface area contributed by atoms with Crippen LogP contribution in [0.25, 0.3) is 10.2 Å². The molecule has 0 unspecified atom stereocenters. The highest BCUT2D eigenvalue weighted by Gasteiger charge is 2.23. The SMILES string of the molecule is CCCn1c(N(C)Cc2ccco2)nc2sc3c(c2c1=O)CCCC3. The maximum atomic E-state index is 13.3. The molecule has 1 aliphatic carbocycles. The first-order valence-electron chi connectivity index (χ1n) is 8.97. The Morgan fingerprint density at radius 3 is 2.96 bits per heavy atom. The Bertz CT molecular complexity index is 940. The molecule has 132 valence electrons. The number of hydrogen-bond acceptors (Lipinski definition) is 5. The van der Waals surface area contributed by atoms with E-state index in [-0.39, 0.29) is 5.56 Å². The lowest BCUT2D eigenvalue weighted by atomic mass is 9.97. The summed E-state index contributed by atoms with van der Waals surface area (Å²) in [6.07, 6.45) is 7.06. The van der Waals surface area contributed by atoms with Gasteiger partial charge in [-0.3, -0.25) is 9.36 Å². The van der Waals surface area contributed by atoms with E-state index >= 15 is 0 Å². The number of furan rings is 1. The first-order valence-corrected chi connectivity index (χ1v) is 9.79. The van der Waals surface area contributed by atoms with Crippen LogP contribution in [0.4, 0.5) is 5.95 Å². The van der Waals surface area contributed by atoms with Crippen molar-refractivity contribution in [1.29, 1.82) is 0 Å². The van der Waals surface area contributed by atoms with Gasteiger partial charge in [0.1, 0.15) is 10.6 Å². The zero-order valence-corrected chi connectivity index (χ0v) is 15.6. The summed E-state index contributed by atoms with van der Waals surface area (Å²) in [6.45, 7) is 3.38. The molecular weight excluding hydrogens is 334 g/mol. The summed E-state index contributed by atoms with van der Waals surface area (Å²) < 4.78 is 7.30. The number of hydrogen-bond donors (Lipinski definition) is 0. The van der Waals surface area contributed by atoms with Gasteiger partial charge in [-0.05, 0) is 49.8 Å². The maximum Gasteiger partial charge on any atom is 0.263 e. The molecule has 0 saturated heterocycles. The Labute approximate surface area is 150 Å². The van der Waals surface area contributed by atoms with E-state index in [0.29, 0.717) is 13.1 Å². The molecule has 0 aromatic carbocycles. The molecule has 4 rings (SSSR count). The molecule has 0 bridgehead atoms. The average Bonchev–Trinajstić information content (AvgIpc) is 3.24. The van der Waals surface area contributed by atoms with Crippen LogP contribution in [0.1, 0.15) is 42.4 Å². The molecular formula is C19H23N3O2S. The minimum Gasteiger partial charge on any atom is -0.467 e. The third kappa shape index (κ3) is 2.88. The van der Waals surface area contributed by atoms with Crippen molar-refractivity contribution in [1.82, 2.24) is 9.55 Å². The quantitative estimate of drug-likeness (QED) is 0.693. The van der Waals surface area contributed by atoms with Gasteiger partial charge in [0.15, 0.2) is 0 Å². The van der Waals surface area contributed by atoms with Crippen LogP contribution in [0.5, 0.6) is 0 Å². The minimum atomic E-state index is 0.118. The molecule has 0 N–H and O–H groups in total. The fourth-order valence-electron chi connectivity index (χ4n) is 3.65. The van der Waals surface area contributed by atoms with Gasteiger partial charge in [0, 0.05) is 18.5 Å². The first-order chi connectivity index (χ1) is 12.2. The van der Waals surface area contributed by atoms with Crippen LogP contribution in [0.3, 0.4) is 0 Å². The Kier molecular flexibility index (Phi) is 4.37. The second-order valence-corrected chi connectivity index (χ2v) is 7.78. The molecule has 0 amide bonds. The summed E-state index contributed by atoms with van der Waals surface area (Å²) in [5.41, 5.74) is 1.38. The third-order valence-electron chi connectivity index (χ3n) is 4.82. The lowest BCUT2D eigenvalue weighted by Crippen LogP contribution is -2.30. The summed E-state index contributed by atoms with van der Waals surface area (Å²) in [4.78, 5) is 22.4. The van der Waals surface area contributed by atoms with Crippen molar-refractivity contribution in [3.63, 3.8) is 0 Å². The maximum absolute atomic E-state index is 13.3. The molecule has 0 radical (unpaired) electrons. The van der Waals surface area contributed by atoms with E-state index in [1.54, 1.807) is 17.6 Å². The molecule has 0 saturated carbocycles. The van der Waals surface area contributed by atoms with Crippen LogP contribution in [0, 0.1) is 0 Å². The van der Waals surface area contributed by atoms with E-state index in [4.69, 9.17) is 9.40 Å². The number of anilines is 1. The number of thiophene rings is 1. The second kappa shape index (κ2) is 6.67. The van der Waals surface area contributed by atoms with Crippen LogP contribution in [-0.4, -0.2) is 16.6 Å². The molecule has 3 heterocycles. The molecule has 0 aliphatic heterocycles. The molecule has 3 aromatic rings. The highest BCUT2D eigenvalue weighted by Crippen LogP contribution is 2.34. The van der Waals surface area contributed by atoms with Crippen LogP contribution < -0.4 is 10.5 Å². The molecule has 1 aliphatic rings. The Hall–Kier alpha value is -2.08.